The predicted octanol–water partition coefficient (Wildman–Crippen LogP) is 7.27. The van der Waals surface area contributed by atoms with Crippen molar-refractivity contribution in [1.29, 1.82) is 0 Å². The number of anilines is 2. The first-order chi connectivity index (χ1) is 21.3. The minimum atomic E-state index is -0.521. The van der Waals surface area contributed by atoms with Crippen LogP contribution in [-0.4, -0.2) is 29.7 Å². The van der Waals surface area contributed by atoms with Crippen LogP contribution in [0.4, 0.5) is 16.2 Å². The van der Waals surface area contributed by atoms with Gasteiger partial charge in [0.05, 0.1) is 6.61 Å². The van der Waals surface area contributed by atoms with E-state index < -0.39 is 6.09 Å². The van der Waals surface area contributed by atoms with Gasteiger partial charge in [-0.2, -0.15) is 0 Å². The highest BCUT2D eigenvalue weighted by molar-refractivity contribution is 5.85. The first-order valence-electron chi connectivity index (χ1n) is 14.6. The zero-order valence-corrected chi connectivity index (χ0v) is 25.3. The molecule has 44 heavy (non-hydrogen) atoms. The summed E-state index contributed by atoms with van der Waals surface area (Å²) in [6, 6.07) is 24.9. The highest BCUT2D eigenvalue weighted by Crippen LogP contribution is 2.29. The van der Waals surface area contributed by atoms with Gasteiger partial charge in [-0.3, -0.25) is 10.1 Å². The van der Waals surface area contributed by atoms with Gasteiger partial charge in [-0.15, -0.1) is 0 Å². The van der Waals surface area contributed by atoms with Crippen LogP contribution in [0.25, 0.3) is 10.8 Å². The number of aryl methyl sites for hydroxylation is 1. The molecule has 2 atom stereocenters. The van der Waals surface area contributed by atoms with E-state index in [-0.39, 0.29) is 24.1 Å². The maximum atomic E-state index is 12.7. The number of aromatic amines is 1. The van der Waals surface area contributed by atoms with E-state index >= 15 is 0 Å². The van der Waals surface area contributed by atoms with Crippen LogP contribution in [0.15, 0.2) is 96.1 Å². The molecule has 1 amide bonds. The molecule has 5 aromatic rings. The van der Waals surface area contributed by atoms with Gasteiger partial charge in [0.15, 0.2) is 0 Å². The Hall–Kier alpha value is -5.15. The zero-order chi connectivity index (χ0) is 31.1. The molecular formula is C35H37N5O4. The quantitative estimate of drug-likeness (QED) is 0.128. The van der Waals surface area contributed by atoms with Crippen molar-refractivity contribution >= 4 is 28.2 Å². The fourth-order valence-electron chi connectivity index (χ4n) is 5.18. The molecular weight excluding hydrogens is 554 g/mol. The smallest absolute Gasteiger partial charge is 0.411 e. The summed E-state index contributed by atoms with van der Waals surface area (Å²) in [5.41, 5.74) is 5.60. The summed E-state index contributed by atoms with van der Waals surface area (Å²) in [5.74, 6) is 1.15. The monoisotopic (exact) mass is 591 g/mol. The van der Waals surface area contributed by atoms with Crippen LogP contribution in [0.3, 0.4) is 0 Å². The number of pyridine rings is 2. The van der Waals surface area contributed by atoms with Crippen LogP contribution in [0, 0.1) is 6.92 Å². The molecule has 0 bridgehead atoms. The number of hydrogen-bond donors (Lipinski definition) is 4. The molecule has 0 aliphatic carbocycles. The van der Waals surface area contributed by atoms with E-state index in [0.717, 1.165) is 33.3 Å². The molecule has 9 nitrogen and oxygen atoms in total. The van der Waals surface area contributed by atoms with Crippen molar-refractivity contribution in [3.05, 3.63) is 124 Å². The number of rotatable bonds is 11. The Labute approximate surface area is 256 Å². The molecule has 0 aliphatic heterocycles. The second-order valence-electron chi connectivity index (χ2n) is 10.8. The standard InChI is InChI=1S/C35H37N5O4/c1-22-17-26(24(3)39-29-10-8-25-14-16-38-34(41)31(25)19-29)9-12-30(22)23(2)21-43-35(42)40-28-11-13-32(27(18-28)20-36-4)44-33-7-5-6-15-37-33/h5-19,23-24,36,39H,20-21H2,1-4H3,(H,38,41)(H,40,42). The lowest BCUT2D eigenvalue weighted by atomic mass is 9.93. The number of amides is 1. The Morgan fingerprint density at radius 1 is 0.977 bits per heavy atom. The molecule has 2 heterocycles. The van der Waals surface area contributed by atoms with Crippen LogP contribution >= 0.6 is 0 Å². The third-order valence-corrected chi connectivity index (χ3v) is 7.47. The van der Waals surface area contributed by atoms with Crippen LogP contribution in [0.5, 0.6) is 11.6 Å². The number of nitrogens with zero attached hydrogens (tertiary/aromatic N) is 1. The predicted molar refractivity (Wildman–Crippen MR) is 175 cm³/mol. The van der Waals surface area contributed by atoms with Crippen LogP contribution in [-0.2, 0) is 11.3 Å². The number of H-pyrrole nitrogens is 1. The van der Waals surface area contributed by atoms with E-state index in [4.69, 9.17) is 9.47 Å². The van der Waals surface area contributed by atoms with Crippen molar-refractivity contribution in [1.82, 2.24) is 15.3 Å². The topological polar surface area (TPSA) is 117 Å². The maximum absolute atomic E-state index is 12.7. The average molecular weight is 592 g/mol. The molecule has 4 N–H and O–H groups in total. The summed E-state index contributed by atoms with van der Waals surface area (Å²) in [6.45, 7) is 6.98. The van der Waals surface area contributed by atoms with Crippen LogP contribution in [0.1, 0.15) is 48.1 Å². The molecule has 3 aromatic carbocycles. The van der Waals surface area contributed by atoms with Gasteiger partial charge in [0, 0.05) is 59.3 Å². The Kier molecular flexibility index (Phi) is 9.56. The molecule has 226 valence electrons. The van der Waals surface area contributed by atoms with Gasteiger partial charge in [-0.05, 0) is 85.4 Å². The normalized spacial score (nSPS) is 12.4. The van der Waals surface area contributed by atoms with Gasteiger partial charge >= 0.3 is 6.09 Å². The molecule has 0 fully saturated rings. The molecule has 0 aliphatic rings. The highest BCUT2D eigenvalue weighted by Gasteiger charge is 2.15. The number of hydrogen-bond acceptors (Lipinski definition) is 7. The Balaban J connectivity index is 1.17. The highest BCUT2D eigenvalue weighted by atomic mass is 16.5. The first kappa shape index (κ1) is 30.3. The average Bonchev–Trinajstić information content (AvgIpc) is 3.02. The van der Waals surface area contributed by atoms with Crippen molar-refractivity contribution < 1.29 is 14.3 Å². The van der Waals surface area contributed by atoms with Crippen LogP contribution in [0.2, 0.25) is 0 Å². The summed E-state index contributed by atoms with van der Waals surface area (Å²) < 4.78 is 11.5. The lowest BCUT2D eigenvalue weighted by Gasteiger charge is -2.20. The van der Waals surface area contributed by atoms with Crippen molar-refractivity contribution in [2.45, 2.75) is 39.3 Å². The van der Waals surface area contributed by atoms with E-state index in [9.17, 15) is 9.59 Å². The molecule has 0 radical (unpaired) electrons. The number of aromatic nitrogens is 2. The SMILES string of the molecule is CNCc1cc(NC(=O)OCC(C)c2ccc(C(C)Nc3ccc4cc[nH]c(=O)c4c3)cc2C)ccc1Oc1ccccn1. The zero-order valence-electron chi connectivity index (χ0n) is 25.3. The summed E-state index contributed by atoms with van der Waals surface area (Å²) in [6.07, 6.45) is 2.81. The van der Waals surface area contributed by atoms with Gasteiger partial charge in [-0.1, -0.05) is 37.3 Å². The van der Waals surface area contributed by atoms with E-state index in [1.54, 1.807) is 30.6 Å². The van der Waals surface area contributed by atoms with Crippen molar-refractivity contribution in [2.24, 2.45) is 0 Å². The second-order valence-corrected chi connectivity index (χ2v) is 10.8. The number of benzene rings is 3. The lowest BCUT2D eigenvalue weighted by molar-refractivity contribution is 0.155. The number of carbonyl (C=O) groups excluding carboxylic acids is 1. The molecule has 2 unspecified atom stereocenters. The minimum Gasteiger partial charge on any atom is -0.449 e. The molecule has 0 saturated heterocycles. The summed E-state index contributed by atoms with van der Waals surface area (Å²) in [4.78, 5) is 31.8. The summed E-state index contributed by atoms with van der Waals surface area (Å²) in [7, 11) is 1.85. The number of fused-ring (bicyclic) bond motifs is 1. The number of carbonyl (C=O) groups is 1. The minimum absolute atomic E-state index is 0.000668. The largest absolute Gasteiger partial charge is 0.449 e. The molecule has 0 spiro atoms. The summed E-state index contributed by atoms with van der Waals surface area (Å²) >= 11 is 0. The van der Waals surface area contributed by atoms with Crippen molar-refractivity contribution in [3.63, 3.8) is 0 Å². The lowest BCUT2D eigenvalue weighted by Crippen LogP contribution is -2.18. The van der Waals surface area contributed by atoms with Gasteiger partial charge in [0.1, 0.15) is 5.75 Å². The fourth-order valence-corrected chi connectivity index (χ4v) is 5.18. The fraction of sp³-hybridized carbons (Fsp3) is 0.229. The molecule has 2 aromatic heterocycles. The third kappa shape index (κ3) is 7.43. The Morgan fingerprint density at radius 2 is 1.82 bits per heavy atom. The maximum Gasteiger partial charge on any atom is 0.411 e. The van der Waals surface area contributed by atoms with Crippen molar-refractivity contribution in [2.75, 3.05) is 24.3 Å². The van der Waals surface area contributed by atoms with E-state index in [1.807, 2.05) is 56.4 Å². The van der Waals surface area contributed by atoms with Gasteiger partial charge in [-0.25, -0.2) is 9.78 Å². The third-order valence-electron chi connectivity index (χ3n) is 7.47. The van der Waals surface area contributed by atoms with Crippen molar-refractivity contribution in [3.8, 4) is 11.6 Å². The summed E-state index contributed by atoms with van der Waals surface area (Å²) in [5, 5.41) is 11.0. The van der Waals surface area contributed by atoms with E-state index in [2.05, 4.69) is 58.0 Å². The van der Waals surface area contributed by atoms with Gasteiger partial charge in [0.2, 0.25) is 5.88 Å². The second kappa shape index (κ2) is 13.9. The van der Waals surface area contributed by atoms with Gasteiger partial charge < -0.3 is 25.1 Å². The first-order valence-corrected chi connectivity index (χ1v) is 14.6. The Morgan fingerprint density at radius 3 is 2.59 bits per heavy atom. The van der Waals surface area contributed by atoms with Gasteiger partial charge in [0.25, 0.3) is 5.56 Å². The molecule has 9 heteroatoms. The molecule has 5 rings (SSSR count). The van der Waals surface area contributed by atoms with Crippen LogP contribution < -0.4 is 26.2 Å². The van der Waals surface area contributed by atoms with E-state index in [0.29, 0.717) is 29.2 Å². The Bertz CT molecular complexity index is 1810. The number of nitrogens with one attached hydrogen (secondary N) is 4. The molecule has 0 saturated carbocycles. The van der Waals surface area contributed by atoms with E-state index in [1.165, 1.54) is 0 Å². The number of ether oxygens (including phenoxy) is 2.